The number of nitrogens with one attached hydrogen (secondary N) is 2. The van der Waals surface area contributed by atoms with E-state index in [0.29, 0.717) is 18.9 Å². The van der Waals surface area contributed by atoms with Crippen LogP contribution in [0.1, 0.15) is 39.2 Å². The van der Waals surface area contributed by atoms with Crippen LogP contribution >= 0.6 is 0 Å². The maximum atomic E-state index is 12.4. The molecule has 1 aliphatic heterocycles. The Bertz CT molecular complexity index is 1070. The number of rotatable bonds is 3. The molecule has 0 spiro atoms. The summed E-state index contributed by atoms with van der Waals surface area (Å²) in [4.78, 5) is 31.4. The molecule has 1 unspecified atom stereocenters. The number of amides is 1. The summed E-state index contributed by atoms with van der Waals surface area (Å²) < 4.78 is 6.83. The van der Waals surface area contributed by atoms with Crippen LogP contribution in [0.15, 0.2) is 35.1 Å². The van der Waals surface area contributed by atoms with E-state index in [1.54, 1.807) is 0 Å². The highest BCUT2D eigenvalue weighted by Crippen LogP contribution is 2.25. The highest BCUT2D eigenvalue weighted by atomic mass is 16.5. The fourth-order valence-corrected chi connectivity index (χ4v) is 3.21. The molecule has 8 heteroatoms. The summed E-state index contributed by atoms with van der Waals surface area (Å²) in [5.41, 5.74) is 1.72. The second-order valence-electron chi connectivity index (χ2n) is 8.01. The van der Waals surface area contributed by atoms with Crippen LogP contribution in [0.25, 0.3) is 17.2 Å². The first-order chi connectivity index (χ1) is 13.3. The van der Waals surface area contributed by atoms with Crippen LogP contribution in [0, 0.1) is 0 Å². The van der Waals surface area contributed by atoms with E-state index >= 15 is 0 Å². The van der Waals surface area contributed by atoms with Crippen LogP contribution in [-0.4, -0.2) is 38.2 Å². The minimum absolute atomic E-state index is 0.0515. The second kappa shape index (κ2) is 6.87. The molecule has 0 saturated carbocycles. The van der Waals surface area contributed by atoms with Crippen molar-refractivity contribution in [3.63, 3.8) is 0 Å². The normalized spacial score (nSPS) is 17.2. The molecular weight excluding hydrogens is 358 g/mol. The molecule has 0 radical (unpaired) electrons. The van der Waals surface area contributed by atoms with Crippen LogP contribution in [0.4, 0.5) is 5.82 Å². The molecule has 3 aromatic rings. The van der Waals surface area contributed by atoms with E-state index in [-0.39, 0.29) is 28.5 Å². The smallest absolute Gasteiger partial charge is 0.254 e. The predicted octanol–water partition coefficient (Wildman–Crippen LogP) is 2.50. The van der Waals surface area contributed by atoms with Gasteiger partial charge in [-0.2, -0.15) is 9.50 Å². The van der Waals surface area contributed by atoms with Gasteiger partial charge in [0.1, 0.15) is 11.9 Å². The fraction of sp³-hybridized carbons (Fsp3) is 0.400. The topological polar surface area (TPSA) is 101 Å². The largest absolute Gasteiger partial charge is 0.368 e. The Morgan fingerprint density at radius 1 is 1.29 bits per heavy atom. The minimum Gasteiger partial charge on any atom is -0.368 e. The first kappa shape index (κ1) is 18.4. The minimum atomic E-state index is -0.498. The lowest BCUT2D eigenvalue weighted by Crippen LogP contribution is -2.28. The summed E-state index contributed by atoms with van der Waals surface area (Å²) in [6.45, 7) is 7.03. The van der Waals surface area contributed by atoms with Gasteiger partial charge in [-0.3, -0.25) is 14.6 Å². The number of hydrogen-bond acceptors (Lipinski definition) is 5. The molecule has 0 aliphatic carbocycles. The maximum absolute atomic E-state index is 12.4. The van der Waals surface area contributed by atoms with Crippen molar-refractivity contribution >= 4 is 17.5 Å². The molecule has 3 heterocycles. The molecule has 1 aromatic carbocycles. The lowest BCUT2D eigenvalue weighted by Gasteiger charge is -2.18. The van der Waals surface area contributed by atoms with Gasteiger partial charge in [-0.25, -0.2) is 0 Å². The van der Waals surface area contributed by atoms with Gasteiger partial charge in [0, 0.05) is 18.2 Å². The van der Waals surface area contributed by atoms with Gasteiger partial charge in [-0.15, -0.1) is 5.10 Å². The summed E-state index contributed by atoms with van der Waals surface area (Å²) in [7, 11) is 0. The van der Waals surface area contributed by atoms with Crippen LogP contribution in [0.5, 0.6) is 0 Å². The Hall–Kier alpha value is -3.00. The number of fused-ring (bicyclic) bond motifs is 1. The van der Waals surface area contributed by atoms with Crippen molar-refractivity contribution in [3.8, 4) is 11.4 Å². The van der Waals surface area contributed by atoms with Gasteiger partial charge in [-0.05, 0) is 23.8 Å². The summed E-state index contributed by atoms with van der Waals surface area (Å²) in [5.74, 6) is 0.722. The molecule has 1 saturated heterocycles. The monoisotopic (exact) mass is 381 g/mol. The van der Waals surface area contributed by atoms with Gasteiger partial charge < -0.3 is 10.1 Å². The lowest BCUT2D eigenvalue weighted by molar-refractivity contribution is -0.124. The molecule has 0 bridgehead atoms. The molecule has 4 rings (SSSR count). The number of anilines is 1. The quantitative estimate of drug-likeness (QED) is 0.726. The molecule has 1 atom stereocenters. The fourth-order valence-electron chi connectivity index (χ4n) is 3.21. The Morgan fingerprint density at radius 2 is 2.04 bits per heavy atom. The van der Waals surface area contributed by atoms with Gasteiger partial charge in [0.2, 0.25) is 5.78 Å². The molecule has 28 heavy (non-hydrogen) atoms. The van der Waals surface area contributed by atoms with Crippen LogP contribution in [0.2, 0.25) is 0 Å². The van der Waals surface area contributed by atoms with Crippen molar-refractivity contribution in [2.45, 2.75) is 45.1 Å². The van der Waals surface area contributed by atoms with Crippen molar-refractivity contribution in [1.29, 1.82) is 0 Å². The number of benzene rings is 1. The van der Waals surface area contributed by atoms with E-state index < -0.39 is 6.10 Å². The molecule has 1 amide bonds. The highest BCUT2D eigenvalue weighted by molar-refractivity contribution is 5.93. The van der Waals surface area contributed by atoms with Gasteiger partial charge in [0.25, 0.3) is 11.5 Å². The molecule has 1 fully saturated rings. The van der Waals surface area contributed by atoms with Gasteiger partial charge in [-0.1, -0.05) is 45.0 Å². The van der Waals surface area contributed by atoms with E-state index in [2.05, 4.69) is 41.2 Å². The standard InChI is InChI=1S/C20H23N5O3/c1-20(2,3)13-8-6-12(7-9-13)17-23-19-22-16(26)11-15(25(19)24-17)21-18(27)14-5-4-10-28-14/h6-9,11,14H,4-5,10H2,1-3H3,(H,21,27)(H,22,23,24,26). The van der Waals surface area contributed by atoms with Crippen molar-refractivity contribution in [1.82, 2.24) is 19.6 Å². The van der Waals surface area contributed by atoms with E-state index in [1.807, 2.05) is 24.3 Å². The van der Waals surface area contributed by atoms with Crippen LogP contribution in [-0.2, 0) is 14.9 Å². The zero-order valence-corrected chi connectivity index (χ0v) is 16.2. The number of carbonyl (C=O) groups excluding carboxylic acids is 1. The third-order valence-corrected chi connectivity index (χ3v) is 4.82. The Balaban J connectivity index is 1.68. The summed E-state index contributed by atoms with van der Waals surface area (Å²) >= 11 is 0. The summed E-state index contributed by atoms with van der Waals surface area (Å²) in [5, 5.41) is 7.21. The van der Waals surface area contributed by atoms with E-state index in [1.165, 1.54) is 16.1 Å². The van der Waals surface area contributed by atoms with Crippen molar-refractivity contribution in [3.05, 3.63) is 46.2 Å². The number of ether oxygens (including phenoxy) is 1. The Morgan fingerprint density at radius 3 is 2.68 bits per heavy atom. The van der Waals surface area contributed by atoms with Crippen molar-refractivity contribution in [2.24, 2.45) is 0 Å². The third kappa shape index (κ3) is 3.55. The first-order valence-corrected chi connectivity index (χ1v) is 9.35. The van der Waals surface area contributed by atoms with E-state index in [0.717, 1.165) is 12.0 Å². The zero-order chi connectivity index (χ0) is 19.9. The first-order valence-electron chi connectivity index (χ1n) is 9.35. The molecule has 2 N–H and O–H groups in total. The number of aromatic amines is 1. The predicted molar refractivity (Wildman–Crippen MR) is 105 cm³/mol. The highest BCUT2D eigenvalue weighted by Gasteiger charge is 2.24. The summed E-state index contributed by atoms with van der Waals surface area (Å²) in [6.07, 6.45) is 1.02. The van der Waals surface area contributed by atoms with Crippen molar-refractivity contribution < 1.29 is 9.53 Å². The SMILES string of the molecule is CC(C)(C)c1ccc(-c2nc3[nH]c(=O)cc(NC(=O)C4CCCO4)n3n2)cc1. The second-order valence-corrected chi connectivity index (χ2v) is 8.01. The Labute approximate surface area is 161 Å². The lowest BCUT2D eigenvalue weighted by atomic mass is 9.87. The zero-order valence-electron chi connectivity index (χ0n) is 16.2. The number of aromatic nitrogens is 4. The van der Waals surface area contributed by atoms with E-state index in [4.69, 9.17) is 4.74 Å². The number of carbonyl (C=O) groups is 1. The number of nitrogens with zero attached hydrogens (tertiary/aromatic N) is 3. The van der Waals surface area contributed by atoms with E-state index in [9.17, 15) is 9.59 Å². The molecule has 1 aliphatic rings. The third-order valence-electron chi connectivity index (χ3n) is 4.82. The average molecular weight is 381 g/mol. The molecular formula is C20H23N5O3. The van der Waals surface area contributed by atoms with Crippen molar-refractivity contribution in [2.75, 3.05) is 11.9 Å². The van der Waals surface area contributed by atoms with Crippen LogP contribution in [0.3, 0.4) is 0 Å². The van der Waals surface area contributed by atoms with Gasteiger partial charge >= 0.3 is 0 Å². The Kier molecular flexibility index (Phi) is 4.50. The molecule has 2 aromatic heterocycles. The van der Waals surface area contributed by atoms with Gasteiger partial charge in [0.05, 0.1) is 0 Å². The number of H-pyrrole nitrogens is 1. The number of hydrogen-bond donors (Lipinski definition) is 2. The average Bonchev–Trinajstić information content (AvgIpc) is 3.31. The maximum Gasteiger partial charge on any atom is 0.254 e. The van der Waals surface area contributed by atoms with Gasteiger partial charge in [0.15, 0.2) is 5.82 Å². The molecule has 146 valence electrons. The van der Waals surface area contributed by atoms with Crippen LogP contribution < -0.4 is 10.9 Å². The molecule has 8 nitrogen and oxygen atoms in total. The summed E-state index contributed by atoms with van der Waals surface area (Å²) in [6, 6.07) is 9.30.